The normalized spacial score (nSPS) is 11.0. The first-order chi connectivity index (χ1) is 13.8. The SMILES string of the molecule is Cc1cccc(-c2cccc(-c3nc4ccccc4n3-c3ccccc3)c2)c1. The number of aromatic nitrogens is 2. The standard InChI is InChI=1S/C26H20N2/c1-19-9-7-10-20(17-19)21-11-8-12-22(18-21)26-27-24-15-5-6-16-25(24)28(26)23-13-3-2-4-14-23/h2-18H,1H3. The fourth-order valence-electron chi connectivity index (χ4n) is 3.72. The monoisotopic (exact) mass is 360 g/mol. The second kappa shape index (κ2) is 6.82. The van der Waals surface area contributed by atoms with E-state index in [-0.39, 0.29) is 0 Å². The Morgan fingerprint density at radius 1 is 0.607 bits per heavy atom. The van der Waals surface area contributed by atoms with Crippen LogP contribution in [0.1, 0.15) is 5.56 Å². The van der Waals surface area contributed by atoms with Crippen LogP contribution in [0, 0.1) is 6.92 Å². The van der Waals surface area contributed by atoms with Gasteiger partial charge in [-0.15, -0.1) is 0 Å². The quantitative estimate of drug-likeness (QED) is 0.351. The van der Waals surface area contributed by atoms with E-state index in [0.717, 1.165) is 28.1 Å². The van der Waals surface area contributed by atoms with E-state index in [1.807, 2.05) is 12.1 Å². The first-order valence-electron chi connectivity index (χ1n) is 9.50. The van der Waals surface area contributed by atoms with E-state index in [0.29, 0.717) is 0 Å². The summed E-state index contributed by atoms with van der Waals surface area (Å²) in [5, 5.41) is 0. The number of hydrogen-bond acceptors (Lipinski definition) is 1. The van der Waals surface area contributed by atoms with Crippen LogP contribution in [-0.4, -0.2) is 9.55 Å². The number of imidazole rings is 1. The minimum absolute atomic E-state index is 0.960. The van der Waals surface area contributed by atoms with Gasteiger partial charge >= 0.3 is 0 Å². The van der Waals surface area contributed by atoms with Gasteiger partial charge in [-0.3, -0.25) is 4.57 Å². The van der Waals surface area contributed by atoms with Crippen LogP contribution in [0.15, 0.2) is 103 Å². The number of aryl methyl sites for hydroxylation is 1. The third-order valence-corrected chi connectivity index (χ3v) is 5.05. The Bertz CT molecular complexity index is 1270. The molecule has 2 heteroatoms. The summed E-state index contributed by atoms with van der Waals surface area (Å²) in [6, 6.07) is 36.0. The van der Waals surface area contributed by atoms with Crippen LogP contribution in [0.3, 0.4) is 0 Å². The number of fused-ring (bicyclic) bond motifs is 1. The predicted molar refractivity (Wildman–Crippen MR) is 117 cm³/mol. The maximum Gasteiger partial charge on any atom is 0.145 e. The molecule has 0 spiro atoms. The van der Waals surface area contributed by atoms with Crippen molar-refractivity contribution in [2.45, 2.75) is 6.92 Å². The molecule has 0 atom stereocenters. The average molecular weight is 360 g/mol. The highest BCUT2D eigenvalue weighted by Gasteiger charge is 2.14. The second-order valence-electron chi connectivity index (χ2n) is 7.05. The summed E-state index contributed by atoms with van der Waals surface area (Å²) in [4.78, 5) is 4.97. The highest BCUT2D eigenvalue weighted by molar-refractivity contribution is 5.84. The van der Waals surface area contributed by atoms with Gasteiger partial charge in [-0.25, -0.2) is 4.98 Å². The van der Waals surface area contributed by atoms with Crippen LogP contribution in [-0.2, 0) is 0 Å². The molecule has 0 unspecified atom stereocenters. The van der Waals surface area contributed by atoms with Crippen molar-refractivity contribution in [1.29, 1.82) is 0 Å². The zero-order chi connectivity index (χ0) is 18.9. The van der Waals surface area contributed by atoms with E-state index in [4.69, 9.17) is 4.98 Å². The van der Waals surface area contributed by atoms with E-state index in [9.17, 15) is 0 Å². The lowest BCUT2D eigenvalue weighted by Gasteiger charge is -2.11. The molecule has 0 amide bonds. The molecule has 1 heterocycles. The Morgan fingerprint density at radius 2 is 1.29 bits per heavy atom. The second-order valence-corrected chi connectivity index (χ2v) is 7.05. The van der Waals surface area contributed by atoms with E-state index in [2.05, 4.69) is 102 Å². The Morgan fingerprint density at radius 3 is 2.11 bits per heavy atom. The number of rotatable bonds is 3. The fraction of sp³-hybridized carbons (Fsp3) is 0.0385. The van der Waals surface area contributed by atoms with Crippen molar-refractivity contribution in [1.82, 2.24) is 9.55 Å². The summed E-state index contributed by atoms with van der Waals surface area (Å²) in [6.45, 7) is 2.13. The van der Waals surface area contributed by atoms with Gasteiger partial charge in [0.05, 0.1) is 11.0 Å². The molecule has 5 aromatic rings. The van der Waals surface area contributed by atoms with Crippen LogP contribution in [0.25, 0.3) is 39.2 Å². The van der Waals surface area contributed by atoms with Gasteiger partial charge in [0.2, 0.25) is 0 Å². The molecule has 0 aliphatic carbocycles. The molecule has 1 aromatic heterocycles. The molecule has 0 radical (unpaired) electrons. The molecular formula is C26H20N2. The minimum Gasteiger partial charge on any atom is -0.292 e. The van der Waals surface area contributed by atoms with Crippen molar-refractivity contribution in [3.05, 3.63) is 109 Å². The summed E-state index contributed by atoms with van der Waals surface area (Å²) < 4.78 is 2.24. The third kappa shape index (κ3) is 2.89. The van der Waals surface area contributed by atoms with E-state index >= 15 is 0 Å². The van der Waals surface area contributed by atoms with Crippen molar-refractivity contribution < 1.29 is 0 Å². The van der Waals surface area contributed by atoms with Gasteiger partial charge in [0, 0.05) is 11.3 Å². The number of benzene rings is 4. The molecule has 0 bridgehead atoms. The summed E-state index contributed by atoms with van der Waals surface area (Å²) >= 11 is 0. The Hall–Kier alpha value is -3.65. The fourth-order valence-corrected chi connectivity index (χ4v) is 3.72. The maximum atomic E-state index is 4.97. The van der Waals surface area contributed by atoms with Crippen molar-refractivity contribution in [3.8, 4) is 28.2 Å². The Labute approximate surface area is 164 Å². The van der Waals surface area contributed by atoms with Gasteiger partial charge in [0.25, 0.3) is 0 Å². The first kappa shape index (κ1) is 16.5. The number of nitrogens with zero attached hydrogens (tertiary/aromatic N) is 2. The first-order valence-corrected chi connectivity index (χ1v) is 9.50. The zero-order valence-corrected chi connectivity index (χ0v) is 15.7. The molecule has 0 saturated carbocycles. The zero-order valence-electron chi connectivity index (χ0n) is 15.7. The van der Waals surface area contributed by atoms with Crippen molar-refractivity contribution in [2.24, 2.45) is 0 Å². The summed E-state index contributed by atoms with van der Waals surface area (Å²) in [5.74, 6) is 0.960. The Balaban J connectivity index is 1.73. The van der Waals surface area contributed by atoms with Crippen LogP contribution in [0.5, 0.6) is 0 Å². The van der Waals surface area contributed by atoms with E-state index < -0.39 is 0 Å². The lowest BCUT2D eigenvalue weighted by Crippen LogP contribution is -1.97. The highest BCUT2D eigenvalue weighted by Crippen LogP contribution is 2.31. The molecule has 2 nitrogen and oxygen atoms in total. The van der Waals surface area contributed by atoms with Crippen LogP contribution in [0.2, 0.25) is 0 Å². The molecule has 28 heavy (non-hydrogen) atoms. The van der Waals surface area contributed by atoms with Gasteiger partial charge in [0.1, 0.15) is 5.82 Å². The topological polar surface area (TPSA) is 17.8 Å². The summed E-state index contributed by atoms with van der Waals surface area (Å²) in [5.41, 5.74) is 8.04. The largest absolute Gasteiger partial charge is 0.292 e. The number of hydrogen-bond donors (Lipinski definition) is 0. The summed E-state index contributed by atoms with van der Waals surface area (Å²) in [7, 11) is 0. The molecule has 134 valence electrons. The molecule has 0 saturated heterocycles. The molecule has 0 aliphatic heterocycles. The van der Waals surface area contributed by atoms with Gasteiger partial charge < -0.3 is 0 Å². The maximum absolute atomic E-state index is 4.97. The van der Waals surface area contributed by atoms with Crippen LogP contribution >= 0.6 is 0 Å². The predicted octanol–water partition coefficient (Wildman–Crippen LogP) is 6.67. The minimum atomic E-state index is 0.960. The molecular weight excluding hydrogens is 340 g/mol. The van der Waals surface area contributed by atoms with Crippen LogP contribution < -0.4 is 0 Å². The lowest BCUT2D eigenvalue weighted by molar-refractivity contribution is 1.10. The smallest absolute Gasteiger partial charge is 0.145 e. The van der Waals surface area contributed by atoms with E-state index in [1.54, 1.807) is 0 Å². The van der Waals surface area contributed by atoms with E-state index in [1.165, 1.54) is 16.7 Å². The molecule has 0 aliphatic rings. The third-order valence-electron chi connectivity index (χ3n) is 5.05. The lowest BCUT2D eigenvalue weighted by atomic mass is 10.0. The van der Waals surface area contributed by atoms with Gasteiger partial charge in [-0.05, 0) is 48.4 Å². The molecule has 5 rings (SSSR count). The van der Waals surface area contributed by atoms with Gasteiger partial charge in [0.15, 0.2) is 0 Å². The van der Waals surface area contributed by atoms with Gasteiger partial charge in [-0.1, -0.05) is 78.4 Å². The average Bonchev–Trinajstić information content (AvgIpc) is 3.14. The molecule has 4 aromatic carbocycles. The van der Waals surface area contributed by atoms with Crippen molar-refractivity contribution in [2.75, 3.05) is 0 Å². The molecule has 0 N–H and O–H groups in total. The summed E-state index contributed by atoms with van der Waals surface area (Å²) in [6.07, 6.45) is 0. The van der Waals surface area contributed by atoms with Crippen molar-refractivity contribution >= 4 is 11.0 Å². The van der Waals surface area contributed by atoms with Gasteiger partial charge in [-0.2, -0.15) is 0 Å². The Kier molecular flexibility index (Phi) is 4.02. The van der Waals surface area contributed by atoms with Crippen molar-refractivity contribution in [3.63, 3.8) is 0 Å². The number of para-hydroxylation sites is 3. The highest BCUT2D eigenvalue weighted by atomic mass is 15.1. The van der Waals surface area contributed by atoms with Crippen LogP contribution in [0.4, 0.5) is 0 Å². The molecule has 0 fully saturated rings.